The second kappa shape index (κ2) is 28.9. The molecule has 4 fully saturated rings. The van der Waals surface area contributed by atoms with Crippen LogP contribution in [0.5, 0.6) is 0 Å². The van der Waals surface area contributed by atoms with Crippen LogP contribution in [0.1, 0.15) is 91.4 Å². The molecule has 3 amide bonds. The van der Waals surface area contributed by atoms with Crippen molar-refractivity contribution in [3.05, 3.63) is 227 Å². The molecule has 482 valence electrons. The maximum absolute atomic E-state index is 13.5. The number of thiophene rings is 1. The van der Waals surface area contributed by atoms with E-state index in [-0.39, 0.29) is 56.9 Å². The molecule has 10 aromatic rings. The Kier molecular flexibility index (Phi) is 19.5. The SMILES string of the molecule is Cn1c(=O)c(C#N)c(N2CCN(C(=O)c3ccc(F)cc3)CC2)c2ccccc21.N#Cc1c(N2CCN(C(=O)c3ccco3)CC2)c2ccccc2n(CCC2CCCCC2)c1=O.N#Cc1c(N2CCN(C(=O)c3cccs3)CC2)c2ccccc2n(Cc2ccoc2)c1=O. The summed E-state index contributed by atoms with van der Waals surface area (Å²) in [6.07, 6.45) is 12.0. The second-order valence-corrected chi connectivity index (χ2v) is 24.9. The molecule has 4 aliphatic rings. The quantitative estimate of drug-likeness (QED) is 0.117. The van der Waals surface area contributed by atoms with Gasteiger partial charge in [0.2, 0.25) is 0 Å². The van der Waals surface area contributed by atoms with Crippen molar-refractivity contribution >= 4 is 78.8 Å². The molecule has 0 bridgehead atoms. The standard InChI is InChI=1S/C27H30N4O3.C24H20N4O3S.C22H19FN4O2/c28-19-22-25(29-14-16-30(17-15-29)27(33)24-11-6-18-34-24)21-9-4-5-10-23(21)31(26(22)32)13-12-20-7-2-1-3-8-20;25-14-19-22(26-8-10-27(11-9-26)24(30)21-6-3-13-32-21)18-4-1-2-5-20(18)28(23(19)29)15-17-7-12-31-16-17;1-25-19-5-3-2-4-17(19)20(18(14-24)22(25)29)26-10-12-27(13-11-26)21(28)15-6-8-16(23)9-7-15/h4-6,9-11,18,20H,1-3,7-8,12-17H2;1-7,12-13,16H,8-11,15H2;2-9H,10-13H2,1H3. The topological polar surface area (TPSA) is 234 Å². The average molecular weight is 1290 g/mol. The predicted octanol–water partition coefficient (Wildman–Crippen LogP) is 10.4. The Labute approximate surface area is 550 Å². The lowest BCUT2D eigenvalue weighted by atomic mass is 9.87. The molecular weight excluding hydrogens is 1220 g/mol. The molecule has 1 aliphatic carbocycles. The van der Waals surface area contributed by atoms with Gasteiger partial charge in [-0.05, 0) is 84.4 Å². The Morgan fingerprint density at radius 3 is 1.53 bits per heavy atom. The molecule has 14 rings (SSSR count). The van der Waals surface area contributed by atoms with Gasteiger partial charge in [-0.1, -0.05) is 92.8 Å². The van der Waals surface area contributed by atoms with Crippen LogP contribution in [-0.2, 0) is 20.1 Å². The number of aryl methyl sites for hydroxylation is 2. The van der Waals surface area contributed by atoms with Crippen molar-refractivity contribution in [3.63, 3.8) is 0 Å². The third kappa shape index (κ3) is 13.3. The Morgan fingerprint density at radius 1 is 0.526 bits per heavy atom. The van der Waals surface area contributed by atoms with E-state index in [0.29, 0.717) is 126 Å². The first-order chi connectivity index (χ1) is 46.3. The van der Waals surface area contributed by atoms with E-state index >= 15 is 0 Å². The summed E-state index contributed by atoms with van der Waals surface area (Å²) >= 11 is 1.44. The number of hydrogen-bond donors (Lipinski definition) is 0. The van der Waals surface area contributed by atoms with E-state index in [4.69, 9.17) is 8.83 Å². The minimum Gasteiger partial charge on any atom is -0.472 e. The van der Waals surface area contributed by atoms with E-state index in [0.717, 1.165) is 49.6 Å². The van der Waals surface area contributed by atoms with Gasteiger partial charge in [0, 0.05) is 119 Å². The van der Waals surface area contributed by atoms with Crippen molar-refractivity contribution in [1.82, 2.24) is 28.4 Å². The highest BCUT2D eigenvalue weighted by molar-refractivity contribution is 7.12. The highest BCUT2D eigenvalue weighted by atomic mass is 32.1. The van der Waals surface area contributed by atoms with Gasteiger partial charge in [0.05, 0.1) is 63.8 Å². The van der Waals surface area contributed by atoms with Crippen LogP contribution in [0, 0.1) is 45.7 Å². The zero-order valence-corrected chi connectivity index (χ0v) is 53.4. The van der Waals surface area contributed by atoms with Crippen molar-refractivity contribution in [2.45, 2.75) is 51.6 Å². The summed E-state index contributed by atoms with van der Waals surface area (Å²) in [5.41, 5.74) is 5.27. The van der Waals surface area contributed by atoms with Gasteiger partial charge in [-0.3, -0.25) is 28.8 Å². The number of hydrogen-bond acceptors (Lipinski definition) is 15. The Bertz CT molecular complexity index is 4760. The van der Waals surface area contributed by atoms with Gasteiger partial charge in [0.1, 0.15) is 40.7 Å². The van der Waals surface area contributed by atoms with Crippen LogP contribution in [0.25, 0.3) is 32.7 Å². The number of carbonyl (C=O) groups excluding carboxylic acids is 3. The van der Waals surface area contributed by atoms with E-state index < -0.39 is 0 Å². The van der Waals surface area contributed by atoms with E-state index in [1.807, 2.05) is 111 Å². The molecule has 20 nitrogen and oxygen atoms in total. The van der Waals surface area contributed by atoms with Gasteiger partial charge in [-0.15, -0.1) is 11.3 Å². The summed E-state index contributed by atoms with van der Waals surface area (Å²) in [6, 6.07) is 43.9. The van der Waals surface area contributed by atoms with Crippen molar-refractivity contribution in [2.24, 2.45) is 13.0 Å². The average Bonchev–Trinajstić information content (AvgIpc) is 0.855. The number of halogens is 1. The molecule has 1 saturated carbocycles. The summed E-state index contributed by atoms with van der Waals surface area (Å²) in [7, 11) is 1.66. The van der Waals surface area contributed by atoms with Crippen LogP contribution >= 0.6 is 11.3 Å². The van der Waals surface area contributed by atoms with Gasteiger partial charge >= 0.3 is 0 Å². The number of fused-ring (bicyclic) bond motifs is 3. The van der Waals surface area contributed by atoms with Crippen molar-refractivity contribution in [2.75, 3.05) is 93.2 Å². The number of para-hydroxylation sites is 3. The lowest BCUT2D eigenvalue weighted by molar-refractivity contribution is 0.0712. The number of nitrogens with zero attached hydrogens (tertiary/aromatic N) is 12. The number of rotatable bonds is 11. The fraction of sp³-hybridized carbons (Fsp3) is 0.301. The van der Waals surface area contributed by atoms with Gasteiger partial charge < -0.3 is 51.9 Å². The predicted molar refractivity (Wildman–Crippen MR) is 363 cm³/mol. The van der Waals surface area contributed by atoms with Gasteiger partial charge in [0.15, 0.2) is 5.76 Å². The molecule has 3 aliphatic heterocycles. The highest BCUT2D eigenvalue weighted by Gasteiger charge is 2.32. The number of carbonyl (C=O) groups is 3. The molecule has 0 atom stereocenters. The van der Waals surface area contributed by atoms with E-state index in [1.165, 1.54) is 78.5 Å². The molecule has 22 heteroatoms. The largest absolute Gasteiger partial charge is 0.472 e. The number of piperazine rings is 3. The maximum atomic E-state index is 13.5. The van der Waals surface area contributed by atoms with Gasteiger partial charge in [-0.25, -0.2) is 4.39 Å². The Balaban J connectivity index is 0.000000137. The first-order valence-corrected chi connectivity index (χ1v) is 32.8. The van der Waals surface area contributed by atoms with Crippen LogP contribution in [-0.4, -0.2) is 125 Å². The van der Waals surface area contributed by atoms with Crippen LogP contribution in [0.15, 0.2) is 175 Å². The number of amides is 3. The lowest BCUT2D eigenvalue weighted by Crippen LogP contribution is -2.49. The number of pyridine rings is 3. The van der Waals surface area contributed by atoms with E-state index in [9.17, 15) is 48.9 Å². The Morgan fingerprint density at radius 2 is 1.02 bits per heavy atom. The first-order valence-electron chi connectivity index (χ1n) is 31.9. The molecule has 9 heterocycles. The summed E-state index contributed by atoms with van der Waals surface area (Å²) in [5.74, 6) is 0.349. The molecular formula is C73H69FN12O8S. The number of nitriles is 3. The number of benzene rings is 4. The molecule has 0 spiro atoms. The molecule has 95 heavy (non-hydrogen) atoms. The summed E-state index contributed by atoms with van der Waals surface area (Å²) in [6.45, 7) is 7.16. The van der Waals surface area contributed by atoms with Crippen LogP contribution in [0.2, 0.25) is 0 Å². The van der Waals surface area contributed by atoms with E-state index in [2.05, 4.69) is 28.0 Å². The minimum atomic E-state index is -0.382. The zero-order valence-electron chi connectivity index (χ0n) is 52.6. The smallest absolute Gasteiger partial charge is 0.289 e. The number of anilines is 3. The summed E-state index contributed by atoms with van der Waals surface area (Å²) in [5, 5.41) is 34.1. The molecule has 0 N–H and O–H groups in total. The Hall–Kier alpha value is -11.0. The molecule has 4 aromatic carbocycles. The third-order valence-electron chi connectivity index (χ3n) is 18.5. The fourth-order valence-corrected chi connectivity index (χ4v) is 14.3. The first kappa shape index (κ1) is 64.1. The number of furan rings is 2. The van der Waals surface area contributed by atoms with E-state index in [1.54, 1.807) is 46.1 Å². The second-order valence-electron chi connectivity index (χ2n) is 24.0. The summed E-state index contributed by atoms with van der Waals surface area (Å²) < 4.78 is 28.4. The van der Waals surface area contributed by atoms with Crippen molar-refractivity contribution in [1.29, 1.82) is 15.8 Å². The third-order valence-corrected chi connectivity index (χ3v) is 19.4. The van der Waals surface area contributed by atoms with Crippen molar-refractivity contribution in [3.8, 4) is 18.2 Å². The van der Waals surface area contributed by atoms with Crippen LogP contribution < -0.4 is 31.4 Å². The normalized spacial score (nSPS) is 15.1. The number of aromatic nitrogens is 3. The monoisotopic (exact) mass is 1290 g/mol. The lowest BCUT2D eigenvalue weighted by Gasteiger charge is -2.37. The van der Waals surface area contributed by atoms with Gasteiger partial charge in [-0.2, -0.15) is 15.8 Å². The molecule has 0 radical (unpaired) electrons. The zero-order chi connectivity index (χ0) is 66.1. The van der Waals surface area contributed by atoms with Crippen LogP contribution in [0.4, 0.5) is 21.5 Å². The fourth-order valence-electron chi connectivity index (χ4n) is 13.6. The minimum absolute atomic E-state index is 0.0283. The summed E-state index contributed by atoms with van der Waals surface area (Å²) in [4.78, 5) is 89.7. The molecule has 0 unspecified atom stereocenters. The van der Waals surface area contributed by atoms with Crippen LogP contribution in [0.3, 0.4) is 0 Å². The maximum Gasteiger partial charge on any atom is 0.289 e. The molecule has 6 aromatic heterocycles. The van der Waals surface area contributed by atoms with Gasteiger partial charge in [0.25, 0.3) is 34.4 Å². The molecule has 3 saturated heterocycles. The van der Waals surface area contributed by atoms with Crippen molar-refractivity contribution < 1.29 is 27.6 Å². The highest BCUT2D eigenvalue weighted by Crippen LogP contribution is 2.35.